The average Bonchev–Trinajstić information content (AvgIpc) is 3.07. The minimum absolute atomic E-state index is 0.146. The number of hydrogen-bond donors (Lipinski definition) is 4. The lowest BCUT2D eigenvalue weighted by molar-refractivity contribution is 0.105. The summed E-state index contributed by atoms with van der Waals surface area (Å²) < 4.78 is 0. The van der Waals surface area contributed by atoms with Crippen LogP contribution in [0.3, 0.4) is 0 Å². The van der Waals surface area contributed by atoms with Gasteiger partial charge in [0.1, 0.15) is 5.82 Å². The second-order valence-corrected chi connectivity index (χ2v) is 5.46. The van der Waals surface area contributed by atoms with Gasteiger partial charge in [-0.25, -0.2) is 0 Å². The maximum atomic E-state index is 13.0. The quantitative estimate of drug-likeness (QED) is 0.397. The van der Waals surface area contributed by atoms with E-state index in [1.165, 1.54) is 6.07 Å². The number of phenolic OH excluding ortho intramolecular Hbond substituents is 2. The first kappa shape index (κ1) is 15.0. The van der Waals surface area contributed by atoms with Crippen LogP contribution in [0.1, 0.15) is 21.5 Å². The molecule has 5 heteroatoms. The molecule has 5 nitrogen and oxygen atoms in total. The Hall–Kier alpha value is -2.95. The highest BCUT2D eigenvalue weighted by molar-refractivity contribution is 6.29. The van der Waals surface area contributed by atoms with Gasteiger partial charge in [0.2, 0.25) is 0 Å². The number of carbonyl (C=O) groups excluding carboxylic acids is 1. The first-order valence-electron chi connectivity index (χ1n) is 7.42. The van der Waals surface area contributed by atoms with E-state index in [1.807, 2.05) is 18.2 Å². The Bertz CT molecular complexity index is 751. The van der Waals surface area contributed by atoms with E-state index < -0.39 is 0 Å². The molecule has 1 heterocycles. The molecule has 0 atom stereocenters. The Kier molecular flexibility index (Phi) is 3.93. The minimum atomic E-state index is -0.239. The smallest absolute Gasteiger partial charge is 0.197 e. The second kappa shape index (κ2) is 6.04. The standard InChI is InChI=1S/C18H18N2O3/c1-11-9-13(10-14(21)16(11)22)15(18-19-7-8-20-18)17(23)12-5-3-2-4-6-12/h2-6,9-10,19-22H,7-8H2,1H3. The summed E-state index contributed by atoms with van der Waals surface area (Å²) in [6.45, 7) is 3.14. The van der Waals surface area contributed by atoms with Crippen molar-refractivity contribution in [1.29, 1.82) is 0 Å². The first-order chi connectivity index (χ1) is 11.1. The largest absolute Gasteiger partial charge is 0.504 e. The Labute approximate surface area is 134 Å². The fourth-order valence-electron chi connectivity index (χ4n) is 2.64. The number of ketones is 1. The summed E-state index contributed by atoms with van der Waals surface area (Å²) in [6, 6.07) is 12.1. The fourth-order valence-corrected chi connectivity index (χ4v) is 2.64. The minimum Gasteiger partial charge on any atom is -0.504 e. The van der Waals surface area contributed by atoms with Crippen LogP contribution in [-0.4, -0.2) is 29.1 Å². The van der Waals surface area contributed by atoms with Gasteiger partial charge in [0.25, 0.3) is 0 Å². The number of Topliss-reactive ketones (excluding diaryl/α,β-unsaturated/α-hetero) is 1. The summed E-state index contributed by atoms with van der Waals surface area (Å²) >= 11 is 0. The van der Waals surface area contributed by atoms with Crippen molar-refractivity contribution < 1.29 is 15.0 Å². The van der Waals surface area contributed by atoms with Crippen molar-refractivity contribution in [1.82, 2.24) is 10.6 Å². The normalized spacial score (nSPS) is 13.3. The summed E-state index contributed by atoms with van der Waals surface area (Å²) in [6.07, 6.45) is 0. The lowest BCUT2D eigenvalue weighted by Gasteiger charge is -2.14. The van der Waals surface area contributed by atoms with Crippen molar-refractivity contribution in [2.75, 3.05) is 13.1 Å². The summed E-state index contributed by atoms with van der Waals surface area (Å²) in [7, 11) is 0. The van der Waals surface area contributed by atoms with Crippen LogP contribution in [0, 0.1) is 6.92 Å². The monoisotopic (exact) mass is 310 g/mol. The lowest BCUT2D eigenvalue weighted by Crippen LogP contribution is -2.18. The van der Waals surface area contributed by atoms with Crippen LogP contribution in [-0.2, 0) is 0 Å². The summed E-state index contributed by atoms with van der Waals surface area (Å²) in [5, 5.41) is 26.0. The highest BCUT2D eigenvalue weighted by Crippen LogP contribution is 2.34. The number of rotatable bonds is 3. The number of aromatic hydroxyl groups is 2. The third-order valence-corrected chi connectivity index (χ3v) is 3.81. The van der Waals surface area contributed by atoms with Gasteiger partial charge in [-0.1, -0.05) is 30.3 Å². The number of phenols is 2. The zero-order valence-corrected chi connectivity index (χ0v) is 12.8. The Balaban J connectivity index is 2.15. The molecule has 23 heavy (non-hydrogen) atoms. The lowest BCUT2D eigenvalue weighted by atomic mass is 9.95. The van der Waals surface area contributed by atoms with E-state index in [0.29, 0.717) is 28.1 Å². The van der Waals surface area contributed by atoms with Crippen LogP contribution >= 0.6 is 0 Å². The fraction of sp³-hybridized carbons (Fsp3) is 0.167. The number of allylic oxidation sites excluding steroid dienone is 1. The molecule has 0 aliphatic carbocycles. The van der Waals surface area contributed by atoms with E-state index in [2.05, 4.69) is 10.6 Å². The van der Waals surface area contributed by atoms with E-state index in [1.54, 1.807) is 25.1 Å². The highest BCUT2D eigenvalue weighted by Gasteiger charge is 2.23. The predicted octanol–water partition coefficient (Wildman–Crippen LogP) is 2.15. The Morgan fingerprint density at radius 3 is 2.26 bits per heavy atom. The summed E-state index contributed by atoms with van der Waals surface area (Å²) in [5.41, 5.74) is 2.09. The van der Waals surface area contributed by atoms with Gasteiger partial charge >= 0.3 is 0 Å². The molecular formula is C18H18N2O3. The third kappa shape index (κ3) is 2.85. The number of nitrogens with one attached hydrogen (secondary N) is 2. The molecule has 1 saturated heterocycles. The van der Waals surface area contributed by atoms with E-state index in [9.17, 15) is 15.0 Å². The maximum Gasteiger partial charge on any atom is 0.197 e. The summed E-state index contributed by atoms with van der Waals surface area (Å²) in [4.78, 5) is 13.0. The predicted molar refractivity (Wildman–Crippen MR) is 88.2 cm³/mol. The van der Waals surface area contributed by atoms with Crippen LogP contribution in [0.4, 0.5) is 0 Å². The topological polar surface area (TPSA) is 81.6 Å². The Morgan fingerprint density at radius 1 is 1.00 bits per heavy atom. The van der Waals surface area contributed by atoms with E-state index in [0.717, 1.165) is 13.1 Å². The molecule has 2 aromatic rings. The number of aryl methyl sites for hydroxylation is 1. The van der Waals surface area contributed by atoms with Crippen LogP contribution in [0.15, 0.2) is 48.3 Å². The first-order valence-corrected chi connectivity index (χ1v) is 7.42. The van der Waals surface area contributed by atoms with Crippen molar-refractivity contribution >= 4 is 11.4 Å². The molecule has 0 spiro atoms. The molecule has 0 amide bonds. The third-order valence-electron chi connectivity index (χ3n) is 3.81. The molecule has 0 unspecified atom stereocenters. The number of benzene rings is 2. The van der Waals surface area contributed by atoms with Gasteiger partial charge in [-0.3, -0.25) is 4.79 Å². The van der Waals surface area contributed by atoms with Gasteiger partial charge in [-0.2, -0.15) is 0 Å². The van der Waals surface area contributed by atoms with Crippen LogP contribution in [0.25, 0.3) is 5.57 Å². The van der Waals surface area contributed by atoms with Gasteiger partial charge in [-0.15, -0.1) is 0 Å². The van der Waals surface area contributed by atoms with Crippen LogP contribution in [0.5, 0.6) is 11.5 Å². The molecule has 0 saturated carbocycles. The molecule has 1 aliphatic rings. The molecule has 1 fully saturated rings. The Morgan fingerprint density at radius 2 is 1.65 bits per heavy atom. The SMILES string of the molecule is Cc1cc(C(C(=O)c2ccccc2)=C2NCCN2)cc(O)c1O. The van der Waals surface area contributed by atoms with E-state index in [-0.39, 0.29) is 17.3 Å². The van der Waals surface area contributed by atoms with Gasteiger partial charge < -0.3 is 20.8 Å². The van der Waals surface area contributed by atoms with E-state index >= 15 is 0 Å². The van der Waals surface area contributed by atoms with Crippen LogP contribution in [0.2, 0.25) is 0 Å². The molecule has 1 aliphatic heterocycles. The number of hydrogen-bond acceptors (Lipinski definition) is 5. The van der Waals surface area contributed by atoms with Crippen LogP contribution < -0.4 is 10.6 Å². The molecule has 2 aromatic carbocycles. The average molecular weight is 310 g/mol. The van der Waals surface area contributed by atoms with Gasteiger partial charge in [0.15, 0.2) is 17.3 Å². The molecule has 4 N–H and O–H groups in total. The molecule has 3 rings (SSSR count). The van der Waals surface area contributed by atoms with E-state index in [4.69, 9.17) is 0 Å². The van der Waals surface area contributed by atoms with Gasteiger partial charge in [0.05, 0.1) is 5.57 Å². The second-order valence-electron chi connectivity index (χ2n) is 5.46. The number of carbonyl (C=O) groups is 1. The van der Waals surface area contributed by atoms with Crippen molar-refractivity contribution in [3.63, 3.8) is 0 Å². The molecule has 118 valence electrons. The van der Waals surface area contributed by atoms with Crippen molar-refractivity contribution in [3.8, 4) is 11.5 Å². The van der Waals surface area contributed by atoms with Gasteiger partial charge in [0, 0.05) is 18.7 Å². The zero-order valence-electron chi connectivity index (χ0n) is 12.8. The molecular weight excluding hydrogens is 292 g/mol. The summed E-state index contributed by atoms with van der Waals surface area (Å²) in [5.74, 6) is 0.0879. The van der Waals surface area contributed by atoms with Crippen molar-refractivity contribution in [3.05, 3.63) is 65.0 Å². The van der Waals surface area contributed by atoms with Crippen molar-refractivity contribution in [2.24, 2.45) is 0 Å². The molecule has 0 radical (unpaired) electrons. The molecule has 0 aromatic heterocycles. The maximum absolute atomic E-state index is 13.0. The van der Waals surface area contributed by atoms with Gasteiger partial charge in [-0.05, 0) is 30.2 Å². The molecule has 0 bridgehead atoms. The highest BCUT2D eigenvalue weighted by atomic mass is 16.3. The van der Waals surface area contributed by atoms with Crippen molar-refractivity contribution in [2.45, 2.75) is 6.92 Å². The zero-order chi connectivity index (χ0) is 16.4.